The van der Waals surface area contributed by atoms with Gasteiger partial charge in [0.2, 0.25) is 11.8 Å². The van der Waals surface area contributed by atoms with Crippen molar-refractivity contribution in [3.05, 3.63) is 51.2 Å². The van der Waals surface area contributed by atoms with Crippen LogP contribution in [0.25, 0.3) is 0 Å². The lowest BCUT2D eigenvalue weighted by Gasteiger charge is -2.16. The fourth-order valence-electron chi connectivity index (χ4n) is 2.14. The van der Waals surface area contributed by atoms with Crippen LogP contribution >= 0.6 is 11.3 Å². The maximum absolute atomic E-state index is 11.3. The Morgan fingerprint density at radius 3 is 2.14 bits per heavy atom. The number of thiophene rings is 1. The van der Waals surface area contributed by atoms with Gasteiger partial charge in [-0.3, -0.25) is 9.59 Å². The summed E-state index contributed by atoms with van der Waals surface area (Å²) in [6.45, 7) is 4.05. The zero-order valence-corrected chi connectivity index (χ0v) is 12.7. The number of carbonyl (C=O) groups is 2. The van der Waals surface area contributed by atoms with Gasteiger partial charge in [-0.05, 0) is 49.1 Å². The third-order valence-corrected chi connectivity index (χ3v) is 4.38. The number of benzene rings is 1. The number of amides is 2. The van der Waals surface area contributed by atoms with E-state index in [1.807, 2.05) is 25.3 Å². The molecule has 110 valence electrons. The van der Waals surface area contributed by atoms with E-state index in [4.69, 9.17) is 11.5 Å². The molecule has 1 aromatic carbocycles. The predicted molar refractivity (Wildman–Crippen MR) is 84.6 cm³/mol. The van der Waals surface area contributed by atoms with Crippen molar-refractivity contribution in [1.82, 2.24) is 0 Å². The molecule has 1 unspecified atom stereocenters. The van der Waals surface area contributed by atoms with Gasteiger partial charge in [-0.2, -0.15) is 0 Å². The molecule has 2 amide bonds. The van der Waals surface area contributed by atoms with Gasteiger partial charge in [-0.1, -0.05) is 0 Å². The van der Waals surface area contributed by atoms with Crippen LogP contribution < -0.4 is 16.8 Å². The molecule has 21 heavy (non-hydrogen) atoms. The van der Waals surface area contributed by atoms with Gasteiger partial charge in [0.05, 0.1) is 6.04 Å². The summed E-state index contributed by atoms with van der Waals surface area (Å²) in [5, 5.41) is 5.30. The summed E-state index contributed by atoms with van der Waals surface area (Å²) in [4.78, 5) is 23.9. The zero-order valence-electron chi connectivity index (χ0n) is 11.8. The second-order valence-corrected chi connectivity index (χ2v) is 5.81. The van der Waals surface area contributed by atoms with Gasteiger partial charge >= 0.3 is 0 Å². The SMILES string of the molecule is Cc1ccsc1C(C)Nc1cc(C(N)=O)cc(C(N)=O)c1. The Labute approximate surface area is 127 Å². The standard InChI is InChI=1S/C15H17N3O2S/c1-8-3-4-21-13(8)9(2)18-12-6-10(14(16)19)5-11(7-12)15(17)20/h3-7,9,18H,1-2H3,(H2,16,19)(H2,17,20). The molecule has 0 spiro atoms. The molecular weight excluding hydrogens is 286 g/mol. The van der Waals surface area contributed by atoms with E-state index in [0.29, 0.717) is 5.69 Å². The van der Waals surface area contributed by atoms with Crippen molar-refractivity contribution in [3.8, 4) is 0 Å². The number of primary amides is 2. The number of carbonyl (C=O) groups excluding carboxylic acids is 2. The van der Waals surface area contributed by atoms with Crippen LogP contribution in [0.4, 0.5) is 5.69 Å². The molecule has 0 fully saturated rings. The van der Waals surface area contributed by atoms with Crippen LogP contribution in [0.2, 0.25) is 0 Å². The monoisotopic (exact) mass is 303 g/mol. The molecule has 0 bridgehead atoms. The molecule has 0 saturated heterocycles. The van der Waals surface area contributed by atoms with E-state index in [-0.39, 0.29) is 17.2 Å². The topological polar surface area (TPSA) is 98.2 Å². The third-order valence-electron chi connectivity index (χ3n) is 3.18. The van der Waals surface area contributed by atoms with Crippen molar-refractivity contribution in [2.24, 2.45) is 11.5 Å². The zero-order chi connectivity index (χ0) is 15.6. The Morgan fingerprint density at radius 2 is 1.71 bits per heavy atom. The number of nitrogens with two attached hydrogens (primary N) is 2. The van der Waals surface area contributed by atoms with E-state index >= 15 is 0 Å². The van der Waals surface area contributed by atoms with E-state index in [1.54, 1.807) is 23.5 Å². The fraction of sp³-hybridized carbons (Fsp3) is 0.200. The lowest BCUT2D eigenvalue weighted by molar-refractivity contribution is 0.0999. The highest BCUT2D eigenvalue weighted by molar-refractivity contribution is 7.10. The number of anilines is 1. The van der Waals surface area contributed by atoms with Crippen molar-refractivity contribution in [2.75, 3.05) is 5.32 Å². The molecule has 0 aliphatic heterocycles. The van der Waals surface area contributed by atoms with Gasteiger partial charge < -0.3 is 16.8 Å². The quantitative estimate of drug-likeness (QED) is 0.791. The van der Waals surface area contributed by atoms with Gasteiger partial charge in [0.15, 0.2) is 0 Å². The van der Waals surface area contributed by atoms with Gasteiger partial charge in [-0.15, -0.1) is 11.3 Å². The maximum atomic E-state index is 11.3. The van der Waals surface area contributed by atoms with Crippen molar-refractivity contribution < 1.29 is 9.59 Å². The Balaban J connectivity index is 2.33. The molecule has 1 heterocycles. The van der Waals surface area contributed by atoms with E-state index in [9.17, 15) is 9.59 Å². The fourth-order valence-corrected chi connectivity index (χ4v) is 3.07. The summed E-state index contributed by atoms with van der Waals surface area (Å²) >= 11 is 1.65. The van der Waals surface area contributed by atoms with Crippen molar-refractivity contribution in [2.45, 2.75) is 19.9 Å². The molecule has 6 heteroatoms. The number of nitrogens with one attached hydrogen (secondary N) is 1. The summed E-state index contributed by atoms with van der Waals surface area (Å²) in [6, 6.07) is 6.74. The average molecular weight is 303 g/mol. The smallest absolute Gasteiger partial charge is 0.248 e. The van der Waals surface area contributed by atoms with E-state index in [2.05, 4.69) is 5.32 Å². The third kappa shape index (κ3) is 3.41. The molecule has 5 nitrogen and oxygen atoms in total. The van der Waals surface area contributed by atoms with Gasteiger partial charge in [0, 0.05) is 21.7 Å². The Kier molecular flexibility index (Phi) is 4.28. The van der Waals surface area contributed by atoms with Gasteiger partial charge in [0.1, 0.15) is 0 Å². The maximum Gasteiger partial charge on any atom is 0.248 e. The highest BCUT2D eigenvalue weighted by Crippen LogP contribution is 2.27. The number of hydrogen-bond donors (Lipinski definition) is 3. The first-order chi connectivity index (χ1) is 9.88. The molecule has 0 saturated carbocycles. The largest absolute Gasteiger partial charge is 0.378 e. The van der Waals surface area contributed by atoms with Crippen molar-refractivity contribution >= 4 is 28.8 Å². The van der Waals surface area contributed by atoms with Crippen LogP contribution in [0.3, 0.4) is 0 Å². The minimum Gasteiger partial charge on any atom is -0.378 e. The normalized spacial score (nSPS) is 11.9. The van der Waals surface area contributed by atoms with Gasteiger partial charge in [-0.25, -0.2) is 0 Å². The van der Waals surface area contributed by atoms with Crippen LogP contribution in [-0.2, 0) is 0 Å². The van der Waals surface area contributed by atoms with Crippen LogP contribution in [0.1, 0.15) is 44.1 Å². The molecule has 0 aliphatic rings. The summed E-state index contributed by atoms with van der Waals surface area (Å²) in [5.41, 5.74) is 12.9. The lowest BCUT2D eigenvalue weighted by Crippen LogP contribution is -2.17. The lowest BCUT2D eigenvalue weighted by atomic mass is 10.1. The highest BCUT2D eigenvalue weighted by atomic mass is 32.1. The van der Waals surface area contributed by atoms with Crippen LogP contribution in [-0.4, -0.2) is 11.8 Å². The van der Waals surface area contributed by atoms with Crippen molar-refractivity contribution in [3.63, 3.8) is 0 Å². The molecule has 2 aromatic rings. The van der Waals surface area contributed by atoms with Crippen molar-refractivity contribution in [1.29, 1.82) is 0 Å². The van der Waals surface area contributed by atoms with Crippen LogP contribution in [0.15, 0.2) is 29.6 Å². The first kappa shape index (κ1) is 15.1. The Bertz CT molecular complexity index is 662. The molecule has 1 atom stereocenters. The number of aryl methyl sites for hydroxylation is 1. The minimum absolute atomic E-state index is 0.0499. The van der Waals surface area contributed by atoms with Crippen LogP contribution in [0.5, 0.6) is 0 Å². The van der Waals surface area contributed by atoms with E-state index in [1.165, 1.54) is 16.5 Å². The molecule has 0 radical (unpaired) electrons. The molecular formula is C15H17N3O2S. The van der Waals surface area contributed by atoms with Crippen LogP contribution in [0, 0.1) is 6.92 Å². The second-order valence-electron chi connectivity index (χ2n) is 4.86. The molecule has 2 rings (SSSR count). The summed E-state index contributed by atoms with van der Waals surface area (Å²) in [6.07, 6.45) is 0. The number of hydrogen-bond acceptors (Lipinski definition) is 4. The average Bonchev–Trinajstić information content (AvgIpc) is 2.84. The summed E-state index contributed by atoms with van der Waals surface area (Å²) < 4.78 is 0. The summed E-state index contributed by atoms with van der Waals surface area (Å²) in [5.74, 6) is -1.19. The number of rotatable bonds is 5. The summed E-state index contributed by atoms with van der Waals surface area (Å²) in [7, 11) is 0. The van der Waals surface area contributed by atoms with E-state index < -0.39 is 11.8 Å². The second kappa shape index (κ2) is 5.97. The highest BCUT2D eigenvalue weighted by Gasteiger charge is 2.13. The van der Waals surface area contributed by atoms with Gasteiger partial charge in [0.25, 0.3) is 0 Å². The minimum atomic E-state index is -0.596. The molecule has 0 aliphatic carbocycles. The predicted octanol–water partition coefficient (Wildman–Crippen LogP) is 2.43. The first-order valence-electron chi connectivity index (χ1n) is 6.43. The molecule has 1 aromatic heterocycles. The van der Waals surface area contributed by atoms with E-state index in [0.717, 1.165) is 0 Å². The Hall–Kier alpha value is -2.34. The Morgan fingerprint density at radius 1 is 1.14 bits per heavy atom. The first-order valence-corrected chi connectivity index (χ1v) is 7.31. The molecule has 5 N–H and O–H groups in total.